The fourth-order valence-electron chi connectivity index (χ4n) is 2.94. The van der Waals surface area contributed by atoms with Crippen LogP contribution < -0.4 is 5.73 Å². The molecule has 104 valence electrons. The van der Waals surface area contributed by atoms with Crippen molar-refractivity contribution in [1.82, 2.24) is 0 Å². The Labute approximate surface area is 117 Å². The third-order valence-electron chi connectivity index (χ3n) is 3.76. The van der Waals surface area contributed by atoms with Crippen LogP contribution in [0.25, 0.3) is 0 Å². The number of benzene rings is 1. The van der Waals surface area contributed by atoms with Gasteiger partial charge in [0, 0.05) is 17.4 Å². The highest BCUT2D eigenvalue weighted by Gasteiger charge is 2.33. The second-order valence-electron chi connectivity index (χ2n) is 5.53. The molecule has 1 aliphatic rings. The molecule has 0 heterocycles. The molecule has 0 amide bonds. The normalized spacial score (nSPS) is 31.1. The number of hydrogen-bond acceptors (Lipinski definition) is 4. The Morgan fingerprint density at radius 2 is 2.00 bits per heavy atom. The molecule has 1 aromatic rings. The molecule has 2 rings (SSSR count). The largest absolute Gasteiger partial charge is 0.327 e. The van der Waals surface area contributed by atoms with E-state index in [9.17, 15) is 10.1 Å². The van der Waals surface area contributed by atoms with Crippen LogP contribution in [0.1, 0.15) is 26.7 Å². The lowest BCUT2D eigenvalue weighted by Gasteiger charge is -2.37. The maximum absolute atomic E-state index is 11.0. The first-order chi connectivity index (χ1) is 8.99. The van der Waals surface area contributed by atoms with Crippen molar-refractivity contribution in [3.05, 3.63) is 34.4 Å². The van der Waals surface area contributed by atoms with Gasteiger partial charge < -0.3 is 5.73 Å². The summed E-state index contributed by atoms with van der Waals surface area (Å²) in [5, 5.41) is 11.3. The molecule has 4 atom stereocenters. The van der Waals surface area contributed by atoms with Crippen molar-refractivity contribution in [2.24, 2.45) is 17.6 Å². The smallest absolute Gasteiger partial charge is 0.282 e. The van der Waals surface area contributed by atoms with Crippen LogP contribution in [0, 0.1) is 22.0 Å². The molecule has 2 N–H and O–H groups in total. The molecule has 0 spiro atoms. The summed E-state index contributed by atoms with van der Waals surface area (Å²) in [6.07, 6.45) is 2.15. The van der Waals surface area contributed by atoms with E-state index in [0.29, 0.717) is 11.8 Å². The van der Waals surface area contributed by atoms with Crippen molar-refractivity contribution < 1.29 is 4.92 Å². The van der Waals surface area contributed by atoms with E-state index >= 15 is 0 Å². The van der Waals surface area contributed by atoms with Gasteiger partial charge in [0.2, 0.25) is 0 Å². The van der Waals surface area contributed by atoms with Gasteiger partial charge in [-0.15, -0.1) is 11.8 Å². The Morgan fingerprint density at radius 3 is 2.63 bits per heavy atom. The van der Waals surface area contributed by atoms with E-state index in [-0.39, 0.29) is 21.9 Å². The Hall–Kier alpha value is -1.07. The van der Waals surface area contributed by atoms with Gasteiger partial charge in [-0.1, -0.05) is 26.0 Å². The number of thioether (sulfide) groups is 1. The number of nitro groups is 1. The van der Waals surface area contributed by atoms with E-state index in [2.05, 4.69) is 13.8 Å². The van der Waals surface area contributed by atoms with Gasteiger partial charge in [-0.3, -0.25) is 10.1 Å². The highest BCUT2D eigenvalue weighted by atomic mass is 32.2. The molecule has 0 aliphatic heterocycles. The molecule has 4 nitrogen and oxygen atoms in total. The maximum Gasteiger partial charge on any atom is 0.282 e. The zero-order valence-corrected chi connectivity index (χ0v) is 12.1. The monoisotopic (exact) mass is 280 g/mol. The first-order valence-electron chi connectivity index (χ1n) is 6.64. The van der Waals surface area contributed by atoms with Crippen LogP contribution in [0.2, 0.25) is 0 Å². The molecule has 4 unspecified atom stereocenters. The highest BCUT2D eigenvalue weighted by Crippen LogP contribution is 2.41. The summed E-state index contributed by atoms with van der Waals surface area (Å²) in [4.78, 5) is 11.5. The summed E-state index contributed by atoms with van der Waals surface area (Å²) >= 11 is 1.57. The Balaban J connectivity index is 2.19. The van der Waals surface area contributed by atoms with E-state index in [1.54, 1.807) is 23.9 Å². The van der Waals surface area contributed by atoms with E-state index in [0.717, 1.165) is 17.7 Å². The Kier molecular flexibility index (Phi) is 4.47. The first-order valence-corrected chi connectivity index (χ1v) is 7.52. The van der Waals surface area contributed by atoms with Gasteiger partial charge in [-0.2, -0.15) is 0 Å². The summed E-state index contributed by atoms with van der Waals surface area (Å²) in [5.41, 5.74) is 6.43. The fraction of sp³-hybridized carbons (Fsp3) is 0.571. The third kappa shape index (κ3) is 3.28. The summed E-state index contributed by atoms with van der Waals surface area (Å²) < 4.78 is 0. The fourth-order valence-corrected chi connectivity index (χ4v) is 4.29. The van der Waals surface area contributed by atoms with Gasteiger partial charge in [0.25, 0.3) is 5.69 Å². The lowest BCUT2D eigenvalue weighted by atomic mass is 9.80. The quantitative estimate of drug-likeness (QED) is 0.680. The average molecular weight is 280 g/mol. The molecule has 0 aromatic heterocycles. The van der Waals surface area contributed by atoms with Crippen LogP contribution in [0.4, 0.5) is 5.69 Å². The molecular weight excluding hydrogens is 260 g/mol. The van der Waals surface area contributed by atoms with E-state index < -0.39 is 0 Å². The van der Waals surface area contributed by atoms with Crippen LogP contribution >= 0.6 is 11.8 Å². The summed E-state index contributed by atoms with van der Waals surface area (Å²) in [6.45, 7) is 4.42. The first kappa shape index (κ1) is 14.3. The molecule has 1 saturated carbocycles. The lowest BCUT2D eigenvalue weighted by Crippen LogP contribution is -2.42. The molecule has 0 saturated heterocycles. The Morgan fingerprint density at radius 1 is 1.32 bits per heavy atom. The van der Waals surface area contributed by atoms with Gasteiger partial charge in [0.1, 0.15) is 0 Å². The van der Waals surface area contributed by atoms with Crippen molar-refractivity contribution in [3.8, 4) is 0 Å². The standard InChI is InChI=1S/C14H20N2O2S/c1-9-7-10(2)14(11(15)8-9)19-13-6-4-3-5-12(13)16(17)18/h3-6,9-11,14H,7-8,15H2,1-2H3. The second kappa shape index (κ2) is 5.92. The van der Waals surface area contributed by atoms with Crippen molar-refractivity contribution in [3.63, 3.8) is 0 Å². The van der Waals surface area contributed by atoms with Crippen LogP contribution in [-0.4, -0.2) is 16.2 Å². The van der Waals surface area contributed by atoms with Crippen molar-refractivity contribution >= 4 is 17.4 Å². The minimum Gasteiger partial charge on any atom is -0.327 e. The van der Waals surface area contributed by atoms with Crippen LogP contribution in [0.15, 0.2) is 29.2 Å². The SMILES string of the molecule is CC1CC(C)C(Sc2ccccc2[N+](=O)[O-])C(N)C1. The van der Waals surface area contributed by atoms with Gasteiger partial charge in [-0.25, -0.2) is 0 Å². The number of nitrogens with two attached hydrogens (primary N) is 1. The molecule has 0 radical (unpaired) electrons. The molecule has 0 bridgehead atoms. The predicted octanol–water partition coefficient (Wildman–Crippen LogP) is 3.45. The van der Waals surface area contributed by atoms with Crippen molar-refractivity contribution in [2.75, 3.05) is 0 Å². The van der Waals surface area contributed by atoms with Crippen molar-refractivity contribution in [1.29, 1.82) is 0 Å². The van der Waals surface area contributed by atoms with Gasteiger partial charge >= 0.3 is 0 Å². The van der Waals surface area contributed by atoms with Gasteiger partial charge in [-0.05, 0) is 30.7 Å². The average Bonchev–Trinajstić information content (AvgIpc) is 2.34. The maximum atomic E-state index is 11.0. The van der Waals surface area contributed by atoms with E-state index in [4.69, 9.17) is 5.73 Å². The number of nitrogens with zero attached hydrogens (tertiary/aromatic N) is 1. The van der Waals surface area contributed by atoms with E-state index in [1.165, 1.54) is 0 Å². The zero-order chi connectivity index (χ0) is 14.0. The number of para-hydroxylation sites is 1. The van der Waals surface area contributed by atoms with Crippen LogP contribution in [0.5, 0.6) is 0 Å². The number of rotatable bonds is 3. The zero-order valence-electron chi connectivity index (χ0n) is 11.3. The minimum atomic E-state index is -0.316. The van der Waals surface area contributed by atoms with Crippen molar-refractivity contribution in [2.45, 2.75) is 42.9 Å². The highest BCUT2D eigenvalue weighted by molar-refractivity contribution is 8.00. The third-order valence-corrected chi connectivity index (χ3v) is 5.44. The van der Waals surface area contributed by atoms with Gasteiger partial charge in [0.05, 0.1) is 9.82 Å². The second-order valence-corrected chi connectivity index (χ2v) is 6.74. The molecule has 1 aliphatic carbocycles. The molecule has 19 heavy (non-hydrogen) atoms. The predicted molar refractivity (Wildman–Crippen MR) is 78.3 cm³/mol. The van der Waals surface area contributed by atoms with E-state index in [1.807, 2.05) is 12.1 Å². The lowest BCUT2D eigenvalue weighted by molar-refractivity contribution is -0.387. The number of hydrogen-bond donors (Lipinski definition) is 1. The molecular formula is C14H20N2O2S. The Bertz CT molecular complexity index is 455. The molecule has 5 heteroatoms. The molecule has 1 fully saturated rings. The topological polar surface area (TPSA) is 69.2 Å². The minimum absolute atomic E-state index is 0.114. The summed E-state index contributed by atoms with van der Waals surface area (Å²) in [7, 11) is 0. The summed E-state index contributed by atoms with van der Waals surface area (Å²) in [6, 6.07) is 7.04. The molecule has 1 aromatic carbocycles. The number of nitro benzene ring substituents is 1. The summed E-state index contributed by atoms with van der Waals surface area (Å²) in [5.74, 6) is 1.14. The van der Waals surface area contributed by atoms with Crippen LogP contribution in [0.3, 0.4) is 0 Å². The van der Waals surface area contributed by atoms with Crippen LogP contribution in [-0.2, 0) is 0 Å². The van der Waals surface area contributed by atoms with Gasteiger partial charge in [0.15, 0.2) is 0 Å².